The number of hydrogen-bond donors (Lipinski definition) is 1. The minimum atomic E-state index is -1.08. The highest BCUT2D eigenvalue weighted by Gasteiger charge is 2.38. The van der Waals surface area contributed by atoms with Crippen LogP contribution < -0.4 is 4.90 Å². The van der Waals surface area contributed by atoms with Crippen molar-refractivity contribution in [3.05, 3.63) is 82.8 Å². The first-order valence-electron chi connectivity index (χ1n) is 10.8. The Morgan fingerprint density at radius 3 is 2.36 bits per heavy atom. The Hall–Kier alpha value is -3.19. The molecule has 1 aliphatic carbocycles. The van der Waals surface area contributed by atoms with Gasteiger partial charge in [-0.15, -0.1) is 0 Å². The quantitative estimate of drug-likeness (QED) is 0.481. The first-order chi connectivity index (χ1) is 15.8. The zero-order valence-corrected chi connectivity index (χ0v) is 19.0. The van der Waals surface area contributed by atoms with E-state index < -0.39 is 17.6 Å². The van der Waals surface area contributed by atoms with Crippen LogP contribution in [0, 0.1) is 25.5 Å². The summed E-state index contributed by atoms with van der Waals surface area (Å²) in [5.41, 5.74) is 2.47. The normalized spacial score (nSPS) is 15.3. The minimum absolute atomic E-state index is 0.0155. The number of pyridine rings is 1. The fourth-order valence-electron chi connectivity index (χ4n) is 4.32. The van der Waals surface area contributed by atoms with Crippen LogP contribution in [0.1, 0.15) is 29.8 Å². The second-order valence-corrected chi connectivity index (χ2v) is 9.57. The molecule has 0 atom stereocenters. The Kier molecular flexibility index (Phi) is 5.44. The van der Waals surface area contributed by atoms with E-state index >= 15 is 8.78 Å². The van der Waals surface area contributed by atoms with Gasteiger partial charge in [0.2, 0.25) is 0 Å². The van der Waals surface area contributed by atoms with Gasteiger partial charge in [0.25, 0.3) is 0 Å². The van der Waals surface area contributed by atoms with Gasteiger partial charge in [-0.05, 0) is 56.5 Å². The van der Waals surface area contributed by atoms with Gasteiger partial charge in [-0.25, -0.2) is 13.6 Å². The number of carboxylic acid groups (broad SMARTS) is 1. The maximum absolute atomic E-state index is 16.2. The third-order valence-electron chi connectivity index (χ3n) is 5.87. The number of anilines is 1. The lowest BCUT2D eigenvalue weighted by Gasteiger charge is -2.31. The van der Waals surface area contributed by atoms with Crippen molar-refractivity contribution < 1.29 is 18.7 Å². The third-order valence-corrected chi connectivity index (χ3v) is 7.01. The highest BCUT2D eigenvalue weighted by molar-refractivity contribution is 7.99. The molecule has 0 amide bonds. The molecule has 3 aromatic rings. The van der Waals surface area contributed by atoms with Crippen LogP contribution in [0.4, 0.5) is 14.5 Å². The van der Waals surface area contributed by atoms with Crippen LogP contribution in [0.25, 0.3) is 11.1 Å². The van der Waals surface area contributed by atoms with Crippen LogP contribution in [0.5, 0.6) is 0 Å². The van der Waals surface area contributed by atoms with Gasteiger partial charge in [0.05, 0.1) is 21.7 Å². The Labute approximate surface area is 195 Å². The van der Waals surface area contributed by atoms with Gasteiger partial charge in [0, 0.05) is 40.5 Å². The van der Waals surface area contributed by atoms with Crippen LogP contribution in [-0.4, -0.2) is 22.1 Å². The van der Waals surface area contributed by atoms with Crippen LogP contribution in [-0.2, 0) is 11.2 Å². The van der Waals surface area contributed by atoms with Gasteiger partial charge >= 0.3 is 5.97 Å². The Bertz CT molecular complexity index is 1280. The van der Waals surface area contributed by atoms with E-state index in [1.54, 1.807) is 30.9 Å². The molecule has 0 radical (unpaired) electrons. The van der Waals surface area contributed by atoms with E-state index in [1.165, 1.54) is 18.0 Å². The molecule has 1 N–H and O–H groups in total. The number of aryl methyl sites for hydroxylation is 2. The molecule has 2 aromatic carbocycles. The largest absolute Gasteiger partial charge is 0.478 e. The van der Waals surface area contributed by atoms with Crippen molar-refractivity contribution in [3.63, 3.8) is 0 Å². The van der Waals surface area contributed by atoms with E-state index in [0.29, 0.717) is 22.5 Å². The van der Waals surface area contributed by atoms with Gasteiger partial charge in [-0.1, -0.05) is 30.0 Å². The lowest BCUT2D eigenvalue weighted by atomic mass is 9.93. The van der Waals surface area contributed by atoms with Gasteiger partial charge in [-0.2, -0.15) is 0 Å². The van der Waals surface area contributed by atoms with Crippen molar-refractivity contribution in [2.75, 3.05) is 4.90 Å². The second-order valence-electron chi connectivity index (χ2n) is 8.49. The van der Waals surface area contributed by atoms with E-state index in [-0.39, 0.29) is 34.2 Å². The molecule has 4 nitrogen and oxygen atoms in total. The fourth-order valence-corrected chi connectivity index (χ4v) is 5.33. The smallest absolute Gasteiger partial charge is 0.333 e. The molecule has 0 saturated heterocycles. The molecule has 1 saturated carbocycles. The summed E-state index contributed by atoms with van der Waals surface area (Å²) >= 11 is 1.20. The summed E-state index contributed by atoms with van der Waals surface area (Å²) in [6.07, 6.45) is 3.16. The standard InChI is InChI=1S/C26H22F2N2O2S/c1-14-10-16(11-15(2)29-14)21-22(27)24-20(12-17(26(31)32)13-30(24)18-8-9-18)25(23(21)28)33-19-6-4-3-5-7-19/h3-7,10-11,13,18H,8-9,12H2,1-2H3,(H,31,32). The summed E-state index contributed by atoms with van der Waals surface area (Å²) in [5, 5.41) is 9.70. The van der Waals surface area contributed by atoms with Crippen molar-refractivity contribution in [2.24, 2.45) is 0 Å². The number of halogens is 2. The van der Waals surface area contributed by atoms with Crippen molar-refractivity contribution >= 4 is 23.4 Å². The summed E-state index contributed by atoms with van der Waals surface area (Å²) in [6.45, 7) is 3.59. The lowest BCUT2D eigenvalue weighted by Crippen LogP contribution is -2.28. The number of benzene rings is 2. The van der Waals surface area contributed by atoms with Crippen LogP contribution in [0.2, 0.25) is 0 Å². The number of carbonyl (C=O) groups is 1. The van der Waals surface area contributed by atoms with E-state index in [9.17, 15) is 9.90 Å². The van der Waals surface area contributed by atoms with Crippen LogP contribution >= 0.6 is 11.8 Å². The van der Waals surface area contributed by atoms with Gasteiger partial charge < -0.3 is 10.0 Å². The first kappa shape index (κ1) is 21.6. The number of fused-ring (bicyclic) bond motifs is 1. The molecule has 7 heteroatoms. The average Bonchev–Trinajstić information content (AvgIpc) is 3.61. The van der Waals surface area contributed by atoms with Gasteiger partial charge in [0.1, 0.15) is 5.82 Å². The number of aromatic nitrogens is 1. The summed E-state index contributed by atoms with van der Waals surface area (Å²) in [5.74, 6) is -2.41. The van der Waals surface area contributed by atoms with Gasteiger partial charge in [0.15, 0.2) is 5.82 Å². The maximum Gasteiger partial charge on any atom is 0.333 e. The number of aliphatic carboxylic acids is 1. The molecule has 2 aliphatic rings. The zero-order valence-electron chi connectivity index (χ0n) is 18.2. The molecule has 0 unspecified atom stereocenters. The highest BCUT2D eigenvalue weighted by Crippen LogP contribution is 2.49. The fraction of sp³-hybridized carbons (Fsp3) is 0.231. The average molecular weight is 465 g/mol. The lowest BCUT2D eigenvalue weighted by molar-refractivity contribution is -0.132. The predicted octanol–water partition coefficient (Wildman–Crippen LogP) is 6.29. The summed E-state index contributed by atoms with van der Waals surface area (Å²) in [7, 11) is 0. The second kappa shape index (κ2) is 8.30. The van der Waals surface area contributed by atoms with Crippen molar-refractivity contribution in [3.8, 4) is 11.1 Å². The highest BCUT2D eigenvalue weighted by atomic mass is 32.2. The molecule has 1 aliphatic heterocycles. The van der Waals surface area contributed by atoms with E-state index in [2.05, 4.69) is 4.98 Å². The van der Waals surface area contributed by atoms with E-state index in [0.717, 1.165) is 17.7 Å². The first-order valence-corrected chi connectivity index (χ1v) is 11.6. The molecular weight excluding hydrogens is 442 g/mol. The summed E-state index contributed by atoms with van der Waals surface area (Å²) in [6, 6.07) is 12.7. The minimum Gasteiger partial charge on any atom is -0.478 e. The Morgan fingerprint density at radius 1 is 1.09 bits per heavy atom. The van der Waals surface area contributed by atoms with E-state index in [1.807, 2.05) is 30.3 Å². The van der Waals surface area contributed by atoms with Crippen LogP contribution in [0.3, 0.4) is 0 Å². The van der Waals surface area contributed by atoms with Crippen molar-refractivity contribution in [1.29, 1.82) is 0 Å². The summed E-state index contributed by atoms with van der Waals surface area (Å²) < 4.78 is 32.3. The van der Waals surface area contributed by atoms with Crippen molar-refractivity contribution in [2.45, 2.75) is 48.9 Å². The SMILES string of the molecule is Cc1cc(-c2c(F)c(Sc3ccccc3)c3c(c2F)N(C2CC2)C=C(C(=O)O)C3)cc(C)n1. The monoisotopic (exact) mass is 464 g/mol. The molecule has 168 valence electrons. The molecule has 0 bridgehead atoms. The van der Waals surface area contributed by atoms with Crippen LogP contribution in [0.15, 0.2) is 64.0 Å². The zero-order chi connectivity index (χ0) is 23.3. The molecular formula is C26H22F2N2O2S. The number of rotatable bonds is 5. The number of hydrogen-bond acceptors (Lipinski definition) is 4. The predicted molar refractivity (Wildman–Crippen MR) is 125 cm³/mol. The Balaban J connectivity index is 1.79. The third kappa shape index (κ3) is 4.02. The van der Waals surface area contributed by atoms with E-state index in [4.69, 9.17) is 0 Å². The maximum atomic E-state index is 16.2. The molecule has 1 aromatic heterocycles. The Morgan fingerprint density at radius 2 is 1.76 bits per heavy atom. The molecule has 33 heavy (non-hydrogen) atoms. The summed E-state index contributed by atoms with van der Waals surface area (Å²) in [4.78, 5) is 19.0. The topological polar surface area (TPSA) is 53.4 Å². The number of nitrogens with zero attached hydrogens (tertiary/aromatic N) is 2. The molecule has 1 fully saturated rings. The molecule has 0 spiro atoms. The molecule has 2 heterocycles. The van der Waals surface area contributed by atoms with Crippen molar-refractivity contribution in [1.82, 2.24) is 4.98 Å². The van der Waals surface area contributed by atoms with Gasteiger partial charge in [-0.3, -0.25) is 4.98 Å². The molecule has 5 rings (SSSR count). The number of carboxylic acids is 1.